The van der Waals surface area contributed by atoms with Crippen molar-refractivity contribution in [3.05, 3.63) is 0 Å². The van der Waals surface area contributed by atoms with E-state index in [0.29, 0.717) is 0 Å². The molecule has 0 aromatic heterocycles. The molecular formula is H4BaNdO4S. The summed E-state index contributed by atoms with van der Waals surface area (Å²) in [4.78, 5) is 0. The molecular weight excluding hydrogens is 378 g/mol. The molecule has 7 heteroatoms. The van der Waals surface area contributed by atoms with Crippen LogP contribution in [0.2, 0.25) is 0 Å². The molecule has 0 aliphatic heterocycles. The van der Waals surface area contributed by atoms with Gasteiger partial charge in [-0.2, -0.15) is 8.42 Å². The summed E-state index contributed by atoms with van der Waals surface area (Å²) in [5, 5.41) is 0. The van der Waals surface area contributed by atoms with E-state index in [-0.39, 0.29) is 92.6 Å². The summed E-state index contributed by atoms with van der Waals surface area (Å²) >= 11 is 0. The van der Waals surface area contributed by atoms with E-state index in [2.05, 4.69) is 0 Å². The summed E-state index contributed by atoms with van der Waals surface area (Å²) in [6, 6.07) is 0. The van der Waals surface area contributed by atoms with Gasteiger partial charge >= 0.3 is 59.3 Å². The molecule has 0 unspecified atom stereocenters. The predicted molar refractivity (Wildman–Crippen MR) is 22.2 cm³/mol. The summed E-state index contributed by atoms with van der Waals surface area (Å²) in [7, 11) is -4.67. The molecule has 0 aromatic rings. The van der Waals surface area contributed by atoms with E-state index in [1.807, 2.05) is 0 Å². The molecule has 0 aromatic carbocycles. The van der Waals surface area contributed by atoms with E-state index in [1.165, 1.54) is 0 Å². The summed E-state index contributed by atoms with van der Waals surface area (Å²) < 4.78 is 31.6. The Kier molecular flexibility index (Phi) is 16.2. The van der Waals surface area contributed by atoms with Gasteiger partial charge in [0, 0.05) is 40.8 Å². The van der Waals surface area contributed by atoms with Crippen LogP contribution in [0.4, 0.5) is 0 Å². The first-order chi connectivity index (χ1) is 2.00. The third kappa shape index (κ3) is 52.0. The third-order valence-electron chi connectivity index (χ3n) is 0. The molecule has 40 valence electrons. The van der Waals surface area contributed by atoms with Gasteiger partial charge in [0.25, 0.3) is 0 Å². The quantitative estimate of drug-likeness (QED) is 0.425. The van der Waals surface area contributed by atoms with E-state index in [0.717, 1.165) is 0 Å². The molecule has 0 radical (unpaired) electrons. The van der Waals surface area contributed by atoms with E-state index in [9.17, 15) is 0 Å². The first kappa shape index (κ1) is 16.4. The van der Waals surface area contributed by atoms with E-state index in [4.69, 9.17) is 17.5 Å². The van der Waals surface area contributed by atoms with Gasteiger partial charge in [-0.1, -0.05) is 0 Å². The smallest absolute Gasteiger partial charge is 1.00 e. The van der Waals surface area contributed by atoms with Crippen LogP contribution in [0.1, 0.15) is 2.85 Å². The maximum Gasteiger partial charge on any atom is 2.00 e. The fourth-order valence-corrected chi connectivity index (χ4v) is 0. The van der Waals surface area contributed by atoms with Crippen molar-refractivity contribution in [1.82, 2.24) is 0 Å². The van der Waals surface area contributed by atoms with Gasteiger partial charge in [0.15, 0.2) is 0 Å². The normalized spacial score (nSPS) is 8.29. The van der Waals surface area contributed by atoms with Crippen molar-refractivity contribution in [2.45, 2.75) is 0 Å². The predicted octanol–water partition coefficient (Wildman–Crippen LogP) is -0.809. The van der Waals surface area contributed by atoms with Crippen molar-refractivity contribution in [3.8, 4) is 0 Å². The largest absolute Gasteiger partial charge is 2.00 e. The first-order valence-electron chi connectivity index (χ1n) is 0.698. The standard InChI is InChI=1S/Ba.Nd.H2O4S.2H/c;;1-5(2,3)4;;/h;;(H2,1,2,3,4);;/q+2;;;2*-1. The Balaban J connectivity index is -0.0000000133. The van der Waals surface area contributed by atoms with Crippen LogP contribution in [0.15, 0.2) is 0 Å². The molecule has 0 aliphatic carbocycles. The average Bonchev–Trinajstić information content (AvgIpc) is 0.722. The first-order valence-corrected chi connectivity index (χ1v) is 2.10. The topological polar surface area (TPSA) is 74.6 Å². The van der Waals surface area contributed by atoms with Gasteiger partial charge in [-0.15, -0.1) is 0 Å². The van der Waals surface area contributed by atoms with Crippen LogP contribution < -0.4 is 0 Å². The van der Waals surface area contributed by atoms with Crippen LogP contribution in [0.25, 0.3) is 0 Å². The minimum absolute atomic E-state index is 0. The second kappa shape index (κ2) is 6.91. The molecule has 0 heterocycles. The SMILES string of the molecule is O=S(=O)(O)O.[Ba+2].[H-].[H-].[Nd]. The molecule has 0 rings (SSSR count). The Bertz CT molecular complexity index is 102. The van der Waals surface area contributed by atoms with Crippen LogP contribution in [-0.2, 0) is 10.4 Å². The Labute approximate surface area is 118 Å². The van der Waals surface area contributed by atoms with Gasteiger partial charge in [-0.25, -0.2) is 0 Å². The van der Waals surface area contributed by atoms with Crippen LogP contribution in [0, 0.1) is 40.8 Å². The molecule has 0 saturated heterocycles. The molecule has 0 atom stereocenters. The third-order valence-corrected chi connectivity index (χ3v) is 0. The Morgan fingerprint density at radius 1 is 1.29 bits per heavy atom. The molecule has 0 fully saturated rings. The zero-order valence-corrected chi connectivity index (χ0v) is 11.8. The zero-order valence-electron chi connectivity index (χ0n) is 5.33. The fraction of sp³-hybridized carbons (Fsp3) is 0. The Morgan fingerprint density at radius 2 is 1.29 bits per heavy atom. The van der Waals surface area contributed by atoms with Gasteiger partial charge in [-0.05, 0) is 0 Å². The van der Waals surface area contributed by atoms with Crippen molar-refractivity contribution in [1.29, 1.82) is 0 Å². The minimum atomic E-state index is -4.67. The monoisotopic (exact) mass is 380 g/mol. The van der Waals surface area contributed by atoms with Crippen molar-refractivity contribution < 1.29 is 61.2 Å². The molecule has 7 heavy (non-hydrogen) atoms. The number of hydrogen-bond donors (Lipinski definition) is 2. The Hall–Kier alpha value is 2.79. The maximum absolute atomic E-state index is 8.74. The van der Waals surface area contributed by atoms with E-state index >= 15 is 0 Å². The van der Waals surface area contributed by atoms with Crippen molar-refractivity contribution in [2.24, 2.45) is 0 Å². The fourth-order valence-electron chi connectivity index (χ4n) is 0. The number of rotatable bonds is 0. The van der Waals surface area contributed by atoms with Crippen LogP contribution >= 0.6 is 0 Å². The van der Waals surface area contributed by atoms with Crippen molar-refractivity contribution >= 4 is 59.3 Å². The van der Waals surface area contributed by atoms with Gasteiger partial charge < -0.3 is 2.85 Å². The van der Waals surface area contributed by atoms with Gasteiger partial charge in [0.2, 0.25) is 0 Å². The van der Waals surface area contributed by atoms with E-state index < -0.39 is 10.4 Å². The second-order valence-corrected chi connectivity index (χ2v) is 1.34. The van der Waals surface area contributed by atoms with Crippen molar-refractivity contribution in [2.75, 3.05) is 0 Å². The minimum Gasteiger partial charge on any atom is -1.00 e. The van der Waals surface area contributed by atoms with E-state index in [1.54, 1.807) is 0 Å². The molecule has 0 saturated carbocycles. The average molecular weight is 382 g/mol. The van der Waals surface area contributed by atoms with Crippen molar-refractivity contribution in [3.63, 3.8) is 0 Å². The summed E-state index contributed by atoms with van der Waals surface area (Å²) in [6.07, 6.45) is 0. The molecule has 2 N–H and O–H groups in total. The van der Waals surface area contributed by atoms with Gasteiger partial charge in [0.05, 0.1) is 0 Å². The van der Waals surface area contributed by atoms with Gasteiger partial charge in [-0.3, -0.25) is 9.11 Å². The summed E-state index contributed by atoms with van der Waals surface area (Å²) in [5.41, 5.74) is 0. The zero-order chi connectivity index (χ0) is 4.50. The molecule has 0 bridgehead atoms. The van der Waals surface area contributed by atoms with Crippen LogP contribution in [0.3, 0.4) is 0 Å². The Morgan fingerprint density at radius 3 is 1.29 bits per heavy atom. The number of hydrogen-bond acceptors (Lipinski definition) is 2. The molecule has 4 nitrogen and oxygen atoms in total. The summed E-state index contributed by atoms with van der Waals surface area (Å²) in [5.74, 6) is 0. The van der Waals surface area contributed by atoms with Crippen LogP contribution in [-0.4, -0.2) is 66.4 Å². The van der Waals surface area contributed by atoms with Crippen LogP contribution in [0.5, 0.6) is 0 Å². The summed E-state index contributed by atoms with van der Waals surface area (Å²) in [6.45, 7) is 0. The molecule has 0 amide bonds. The molecule has 0 spiro atoms. The second-order valence-electron chi connectivity index (χ2n) is 0.448. The maximum atomic E-state index is 8.74. The molecule has 0 aliphatic rings. The van der Waals surface area contributed by atoms with Gasteiger partial charge in [0.1, 0.15) is 0 Å².